The fourth-order valence-corrected chi connectivity index (χ4v) is 2.35. The van der Waals surface area contributed by atoms with Crippen LogP contribution in [0, 0.1) is 0 Å². The first-order valence-corrected chi connectivity index (χ1v) is 6.03. The highest BCUT2D eigenvalue weighted by Gasteiger charge is 2.31. The van der Waals surface area contributed by atoms with Crippen LogP contribution in [0.1, 0.15) is 31.1 Å². The molecule has 2 atom stereocenters. The third-order valence-electron chi connectivity index (χ3n) is 3.19. The lowest BCUT2D eigenvalue weighted by atomic mass is 10.1. The second-order valence-electron chi connectivity index (χ2n) is 4.37. The van der Waals surface area contributed by atoms with Crippen molar-refractivity contribution in [2.45, 2.75) is 31.4 Å². The summed E-state index contributed by atoms with van der Waals surface area (Å²) in [6.45, 7) is 0.685. The topological polar surface area (TPSA) is 74.9 Å². The van der Waals surface area contributed by atoms with Gasteiger partial charge in [0.25, 0.3) is 0 Å². The summed E-state index contributed by atoms with van der Waals surface area (Å²) < 4.78 is 5.16. The van der Waals surface area contributed by atoms with E-state index in [1.165, 1.54) is 13.4 Å². The first-order chi connectivity index (χ1) is 8.72. The molecular weight excluding hydrogens is 236 g/mol. The van der Waals surface area contributed by atoms with E-state index in [4.69, 9.17) is 4.42 Å². The third kappa shape index (κ3) is 2.83. The molecule has 0 saturated carbocycles. The van der Waals surface area contributed by atoms with Crippen molar-refractivity contribution in [3.8, 4) is 0 Å². The molecule has 1 saturated heterocycles. The van der Waals surface area contributed by atoms with E-state index in [0.29, 0.717) is 18.7 Å². The lowest BCUT2D eigenvalue weighted by molar-refractivity contribution is 0.0719. The van der Waals surface area contributed by atoms with Crippen LogP contribution in [0.15, 0.2) is 22.8 Å². The van der Waals surface area contributed by atoms with Gasteiger partial charge < -0.3 is 14.4 Å². The number of aliphatic hydroxyl groups excluding tert-OH is 1. The van der Waals surface area contributed by atoms with Crippen molar-refractivity contribution in [3.05, 3.63) is 24.2 Å². The lowest BCUT2D eigenvalue weighted by Gasteiger charge is -2.25. The standard InChI is InChI=1S/C12H18N2O4/c1-17-13-12(16)14-6-2-4-9(14)8-10(15)11-5-3-7-18-11/h3,5,7,9-10,15H,2,4,6,8H2,1H3,(H,13,16)/t9-,10+/m1/s1. The average Bonchev–Trinajstić information content (AvgIpc) is 2.99. The van der Waals surface area contributed by atoms with Crippen molar-refractivity contribution in [2.75, 3.05) is 13.7 Å². The Labute approximate surface area is 105 Å². The van der Waals surface area contributed by atoms with Crippen LogP contribution < -0.4 is 5.48 Å². The van der Waals surface area contributed by atoms with Crippen molar-refractivity contribution in [3.63, 3.8) is 0 Å². The Balaban J connectivity index is 1.93. The zero-order valence-corrected chi connectivity index (χ0v) is 10.3. The minimum atomic E-state index is -0.680. The van der Waals surface area contributed by atoms with Gasteiger partial charge in [0, 0.05) is 19.0 Å². The van der Waals surface area contributed by atoms with E-state index >= 15 is 0 Å². The maximum Gasteiger partial charge on any atom is 0.341 e. The van der Waals surface area contributed by atoms with Crippen molar-refractivity contribution < 1.29 is 19.2 Å². The summed E-state index contributed by atoms with van der Waals surface area (Å²) in [6, 6.07) is 3.23. The number of furan rings is 1. The molecule has 2 amide bonds. The quantitative estimate of drug-likeness (QED) is 0.797. The first kappa shape index (κ1) is 12.9. The van der Waals surface area contributed by atoms with E-state index in [2.05, 4.69) is 10.3 Å². The van der Waals surface area contributed by atoms with Gasteiger partial charge >= 0.3 is 6.03 Å². The predicted molar refractivity (Wildman–Crippen MR) is 63.6 cm³/mol. The molecule has 1 aromatic heterocycles. The molecule has 6 nitrogen and oxygen atoms in total. The summed E-state index contributed by atoms with van der Waals surface area (Å²) in [7, 11) is 1.40. The van der Waals surface area contributed by atoms with Crippen molar-refractivity contribution in [1.82, 2.24) is 10.4 Å². The Kier molecular flexibility index (Phi) is 4.22. The summed E-state index contributed by atoms with van der Waals surface area (Å²) in [5, 5.41) is 10.0. The van der Waals surface area contributed by atoms with Crippen LogP contribution in [-0.2, 0) is 4.84 Å². The van der Waals surface area contributed by atoms with Crippen molar-refractivity contribution in [1.29, 1.82) is 0 Å². The number of nitrogens with zero attached hydrogens (tertiary/aromatic N) is 1. The van der Waals surface area contributed by atoms with Crippen LogP contribution in [0.3, 0.4) is 0 Å². The Bertz CT molecular complexity index is 379. The van der Waals surface area contributed by atoms with Gasteiger partial charge in [-0.05, 0) is 25.0 Å². The molecule has 18 heavy (non-hydrogen) atoms. The number of carbonyl (C=O) groups excluding carboxylic acids is 1. The molecule has 2 heterocycles. The zero-order valence-electron chi connectivity index (χ0n) is 10.3. The predicted octanol–water partition coefficient (Wildman–Crippen LogP) is 1.44. The molecule has 0 spiro atoms. The average molecular weight is 254 g/mol. The maximum atomic E-state index is 11.7. The van der Waals surface area contributed by atoms with Gasteiger partial charge in [0.15, 0.2) is 0 Å². The molecule has 100 valence electrons. The van der Waals surface area contributed by atoms with E-state index in [-0.39, 0.29) is 12.1 Å². The van der Waals surface area contributed by atoms with Crippen LogP contribution in [-0.4, -0.2) is 35.7 Å². The van der Waals surface area contributed by atoms with Gasteiger partial charge in [0.1, 0.15) is 11.9 Å². The van der Waals surface area contributed by atoms with E-state index < -0.39 is 6.10 Å². The largest absolute Gasteiger partial charge is 0.467 e. The number of hydroxylamine groups is 1. The van der Waals surface area contributed by atoms with Gasteiger partial charge in [-0.25, -0.2) is 10.3 Å². The fourth-order valence-electron chi connectivity index (χ4n) is 2.35. The Morgan fingerprint density at radius 3 is 3.28 bits per heavy atom. The van der Waals surface area contributed by atoms with E-state index in [1.807, 2.05) is 0 Å². The molecular formula is C12H18N2O4. The minimum Gasteiger partial charge on any atom is -0.467 e. The Hall–Kier alpha value is -1.53. The molecule has 1 aromatic rings. The number of urea groups is 1. The summed E-state index contributed by atoms with van der Waals surface area (Å²) in [5.74, 6) is 0.536. The van der Waals surface area contributed by atoms with Gasteiger partial charge in [-0.15, -0.1) is 0 Å². The van der Waals surface area contributed by atoms with E-state index in [9.17, 15) is 9.90 Å². The van der Waals surface area contributed by atoms with Gasteiger partial charge in [0.05, 0.1) is 13.4 Å². The second kappa shape index (κ2) is 5.88. The van der Waals surface area contributed by atoms with Gasteiger partial charge in [0.2, 0.25) is 0 Å². The molecule has 2 rings (SSSR count). The summed E-state index contributed by atoms with van der Waals surface area (Å²) in [6.07, 6.45) is 3.15. The van der Waals surface area contributed by atoms with Crippen LogP contribution >= 0.6 is 0 Å². The minimum absolute atomic E-state index is 0.0141. The SMILES string of the molecule is CONC(=O)N1CCC[C@@H]1C[C@H](O)c1ccco1. The molecule has 6 heteroatoms. The van der Waals surface area contributed by atoms with E-state index in [1.54, 1.807) is 17.0 Å². The fraction of sp³-hybridized carbons (Fsp3) is 0.583. The summed E-state index contributed by atoms with van der Waals surface area (Å²) in [4.78, 5) is 18.0. The molecule has 0 unspecified atom stereocenters. The Morgan fingerprint density at radius 1 is 1.78 bits per heavy atom. The second-order valence-corrected chi connectivity index (χ2v) is 4.37. The number of hydrogen-bond acceptors (Lipinski definition) is 4. The normalized spacial score (nSPS) is 21.0. The van der Waals surface area contributed by atoms with Gasteiger partial charge in [-0.1, -0.05) is 0 Å². The molecule has 0 bridgehead atoms. The number of nitrogens with one attached hydrogen (secondary N) is 1. The smallest absolute Gasteiger partial charge is 0.341 e. The number of likely N-dealkylation sites (tertiary alicyclic amines) is 1. The molecule has 2 N–H and O–H groups in total. The number of aliphatic hydroxyl groups is 1. The highest BCUT2D eigenvalue weighted by atomic mass is 16.6. The van der Waals surface area contributed by atoms with Crippen LogP contribution in [0.4, 0.5) is 4.79 Å². The molecule has 1 aliphatic rings. The van der Waals surface area contributed by atoms with E-state index in [0.717, 1.165) is 12.8 Å². The number of carbonyl (C=O) groups is 1. The molecule has 0 radical (unpaired) electrons. The summed E-state index contributed by atoms with van der Waals surface area (Å²) in [5.41, 5.74) is 2.31. The Morgan fingerprint density at radius 2 is 2.61 bits per heavy atom. The van der Waals surface area contributed by atoms with Crippen LogP contribution in [0.25, 0.3) is 0 Å². The lowest BCUT2D eigenvalue weighted by Crippen LogP contribution is -2.42. The highest BCUT2D eigenvalue weighted by molar-refractivity contribution is 5.73. The summed E-state index contributed by atoms with van der Waals surface area (Å²) >= 11 is 0. The maximum absolute atomic E-state index is 11.7. The molecule has 0 aliphatic carbocycles. The number of amides is 2. The van der Waals surface area contributed by atoms with Gasteiger partial charge in [-0.2, -0.15) is 0 Å². The highest BCUT2D eigenvalue weighted by Crippen LogP contribution is 2.27. The van der Waals surface area contributed by atoms with Gasteiger partial charge in [-0.3, -0.25) is 4.84 Å². The zero-order chi connectivity index (χ0) is 13.0. The monoisotopic (exact) mass is 254 g/mol. The molecule has 0 aromatic carbocycles. The third-order valence-corrected chi connectivity index (χ3v) is 3.19. The molecule has 1 aliphatic heterocycles. The van der Waals surface area contributed by atoms with Crippen LogP contribution in [0.2, 0.25) is 0 Å². The number of hydrogen-bond donors (Lipinski definition) is 2. The first-order valence-electron chi connectivity index (χ1n) is 6.03. The van der Waals surface area contributed by atoms with Crippen LogP contribution in [0.5, 0.6) is 0 Å². The number of rotatable bonds is 4. The van der Waals surface area contributed by atoms with Crippen molar-refractivity contribution in [2.24, 2.45) is 0 Å². The molecule has 1 fully saturated rings. The van der Waals surface area contributed by atoms with Crippen molar-refractivity contribution >= 4 is 6.03 Å².